The van der Waals surface area contributed by atoms with Gasteiger partial charge >= 0.3 is 0 Å². The maximum atomic E-state index is 9.36. The van der Waals surface area contributed by atoms with E-state index in [1.54, 1.807) is 0 Å². The van der Waals surface area contributed by atoms with E-state index < -0.39 is 6.10 Å². The van der Waals surface area contributed by atoms with Crippen molar-refractivity contribution in [2.45, 2.75) is 31.9 Å². The van der Waals surface area contributed by atoms with Gasteiger partial charge in [0.1, 0.15) is 0 Å². The number of nitriles is 1. The Hall–Kier alpha value is -0.670. The van der Waals surface area contributed by atoms with Crippen LogP contribution in [0.25, 0.3) is 0 Å². The molecule has 1 aliphatic rings. The molecule has 2 N–H and O–H groups in total. The molecule has 0 aromatic rings. The third-order valence-electron chi connectivity index (χ3n) is 3.24. The van der Waals surface area contributed by atoms with E-state index in [0.717, 1.165) is 39.0 Å². The van der Waals surface area contributed by atoms with Crippen molar-refractivity contribution in [3.8, 4) is 6.07 Å². The van der Waals surface area contributed by atoms with Crippen LogP contribution in [0.3, 0.4) is 0 Å². The Morgan fingerprint density at radius 3 is 2.41 bits per heavy atom. The quantitative estimate of drug-likeness (QED) is 0.665. The summed E-state index contributed by atoms with van der Waals surface area (Å²) < 4.78 is 0. The average molecular weight is 241 g/mol. The van der Waals surface area contributed by atoms with Crippen molar-refractivity contribution in [1.82, 2.24) is 9.80 Å². The number of β-amino-alcohol motifs (C(OH)–C–C–N with tert-alkyl or cyclic N) is 1. The Morgan fingerprint density at radius 1 is 1.29 bits per heavy atom. The lowest BCUT2D eigenvalue weighted by atomic mass is 10.1. The fraction of sp³-hybridized carbons (Fsp3) is 0.917. The number of hydrogen-bond donors (Lipinski definition) is 2. The topological polar surface area (TPSA) is 70.7 Å². The van der Waals surface area contributed by atoms with E-state index in [2.05, 4.69) is 22.8 Å². The van der Waals surface area contributed by atoms with E-state index in [4.69, 9.17) is 10.4 Å². The largest absolute Gasteiger partial charge is 0.394 e. The molecule has 0 amide bonds. The van der Waals surface area contributed by atoms with Crippen LogP contribution in [0.1, 0.15) is 19.8 Å². The number of aliphatic hydroxyl groups excluding tert-OH is 2. The first-order valence-electron chi connectivity index (χ1n) is 6.36. The van der Waals surface area contributed by atoms with Gasteiger partial charge in [-0.05, 0) is 6.42 Å². The summed E-state index contributed by atoms with van der Waals surface area (Å²) in [6, 6.07) is 2.39. The van der Waals surface area contributed by atoms with Gasteiger partial charge in [0.25, 0.3) is 0 Å². The Morgan fingerprint density at radius 2 is 1.94 bits per heavy atom. The monoisotopic (exact) mass is 241 g/mol. The fourth-order valence-corrected chi connectivity index (χ4v) is 2.22. The second-order valence-corrected chi connectivity index (χ2v) is 4.61. The summed E-state index contributed by atoms with van der Waals surface area (Å²) >= 11 is 0. The minimum Gasteiger partial charge on any atom is -0.394 e. The second kappa shape index (κ2) is 7.62. The van der Waals surface area contributed by atoms with Crippen LogP contribution in [-0.2, 0) is 0 Å². The molecule has 0 aliphatic carbocycles. The lowest BCUT2D eigenvalue weighted by Gasteiger charge is -2.37. The van der Waals surface area contributed by atoms with Crippen molar-refractivity contribution >= 4 is 0 Å². The molecule has 0 radical (unpaired) electrons. The Bertz CT molecular complexity index is 247. The Labute approximate surface area is 103 Å². The lowest BCUT2D eigenvalue weighted by Crippen LogP contribution is -2.51. The van der Waals surface area contributed by atoms with Gasteiger partial charge in [0.2, 0.25) is 0 Å². The van der Waals surface area contributed by atoms with Crippen molar-refractivity contribution in [2.24, 2.45) is 0 Å². The fourth-order valence-electron chi connectivity index (χ4n) is 2.22. The highest BCUT2D eigenvalue weighted by molar-refractivity contribution is 4.93. The van der Waals surface area contributed by atoms with Crippen LogP contribution in [0, 0.1) is 11.3 Å². The summed E-state index contributed by atoms with van der Waals surface area (Å²) in [5.74, 6) is 0. The van der Waals surface area contributed by atoms with Gasteiger partial charge in [0, 0.05) is 32.7 Å². The van der Waals surface area contributed by atoms with Crippen LogP contribution in [0.5, 0.6) is 0 Å². The van der Waals surface area contributed by atoms with Gasteiger partial charge in [0.05, 0.1) is 24.8 Å². The third kappa shape index (κ3) is 4.60. The maximum Gasteiger partial charge on any atom is 0.0978 e. The zero-order valence-electron chi connectivity index (χ0n) is 10.5. The van der Waals surface area contributed by atoms with Crippen LogP contribution < -0.4 is 0 Å². The first-order valence-corrected chi connectivity index (χ1v) is 6.36. The minimum atomic E-state index is -0.649. The summed E-state index contributed by atoms with van der Waals surface area (Å²) in [6.45, 7) is 5.90. The smallest absolute Gasteiger partial charge is 0.0978 e. The van der Waals surface area contributed by atoms with Gasteiger partial charge in [-0.1, -0.05) is 13.3 Å². The van der Waals surface area contributed by atoms with Gasteiger partial charge in [0.15, 0.2) is 0 Å². The molecule has 1 heterocycles. The average Bonchev–Trinajstić information content (AvgIpc) is 2.37. The molecule has 2 atom stereocenters. The number of hydrogen-bond acceptors (Lipinski definition) is 5. The first-order chi connectivity index (χ1) is 8.21. The molecule has 1 rings (SSSR count). The van der Waals surface area contributed by atoms with E-state index in [0.29, 0.717) is 6.54 Å². The van der Waals surface area contributed by atoms with Crippen LogP contribution in [-0.4, -0.2) is 71.5 Å². The van der Waals surface area contributed by atoms with Crippen LogP contribution in [0.15, 0.2) is 0 Å². The Balaban J connectivity index is 2.32. The van der Waals surface area contributed by atoms with E-state index in [1.807, 2.05) is 0 Å². The van der Waals surface area contributed by atoms with E-state index in [9.17, 15) is 5.11 Å². The molecule has 1 saturated heterocycles. The molecular formula is C12H23N3O2. The SMILES string of the molecule is CCCC(C#N)N1CCN(CC(O)CO)CC1. The van der Waals surface area contributed by atoms with E-state index >= 15 is 0 Å². The minimum absolute atomic E-state index is 0.0323. The van der Waals surface area contributed by atoms with E-state index in [1.165, 1.54) is 0 Å². The lowest BCUT2D eigenvalue weighted by molar-refractivity contribution is 0.0349. The van der Waals surface area contributed by atoms with Crippen molar-refractivity contribution in [2.75, 3.05) is 39.3 Å². The first kappa shape index (κ1) is 14.4. The van der Waals surface area contributed by atoms with Gasteiger partial charge in [-0.2, -0.15) is 5.26 Å². The molecule has 0 spiro atoms. The summed E-state index contributed by atoms with van der Waals surface area (Å²) in [5, 5.41) is 27.2. The summed E-state index contributed by atoms with van der Waals surface area (Å²) in [7, 11) is 0. The molecule has 1 aliphatic heterocycles. The molecule has 2 unspecified atom stereocenters. The predicted octanol–water partition coefficient (Wildman–Crippen LogP) is -0.351. The maximum absolute atomic E-state index is 9.36. The molecule has 5 heteroatoms. The van der Waals surface area contributed by atoms with Crippen molar-refractivity contribution in [3.63, 3.8) is 0 Å². The summed E-state index contributed by atoms with van der Waals surface area (Å²) in [5.41, 5.74) is 0. The number of rotatable bonds is 6. The van der Waals surface area contributed by atoms with Crippen LogP contribution in [0.4, 0.5) is 0 Å². The molecule has 98 valence electrons. The highest BCUT2D eigenvalue weighted by atomic mass is 16.3. The predicted molar refractivity (Wildman–Crippen MR) is 65.4 cm³/mol. The highest BCUT2D eigenvalue weighted by Crippen LogP contribution is 2.10. The van der Waals surface area contributed by atoms with Gasteiger partial charge in [-0.15, -0.1) is 0 Å². The normalized spacial score (nSPS) is 22.0. The molecule has 1 fully saturated rings. The van der Waals surface area contributed by atoms with Crippen molar-refractivity contribution in [1.29, 1.82) is 5.26 Å². The number of nitrogens with zero attached hydrogens (tertiary/aromatic N) is 3. The summed E-state index contributed by atoms with van der Waals surface area (Å²) in [6.07, 6.45) is 1.31. The van der Waals surface area contributed by atoms with Gasteiger partial charge < -0.3 is 10.2 Å². The standard InChI is InChI=1S/C12H23N3O2/c1-2-3-11(8-13)15-6-4-14(5-7-15)9-12(17)10-16/h11-12,16-17H,2-7,9-10H2,1H3. The summed E-state index contributed by atoms with van der Waals surface area (Å²) in [4.78, 5) is 4.35. The molecule has 17 heavy (non-hydrogen) atoms. The van der Waals surface area contributed by atoms with Crippen molar-refractivity contribution < 1.29 is 10.2 Å². The second-order valence-electron chi connectivity index (χ2n) is 4.61. The highest BCUT2D eigenvalue weighted by Gasteiger charge is 2.23. The Kier molecular flexibility index (Phi) is 6.45. The third-order valence-corrected chi connectivity index (χ3v) is 3.24. The zero-order valence-corrected chi connectivity index (χ0v) is 10.5. The number of piperazine rings is 1. The van der Waals surface area contributed by atoms with Gasteiger partial charge in [-0.25, -0.2) is 0 Å². The van der Waals surface area contributed by atoms with Crippen LogP contribution in [0.2, 0.25) is 0 Å². The van der Waals surface area contributed by atoms with E-state index in [-0.39, 0.29) is 12.6 Å². The molecule has 5 nitrogen and oxygen atoms in total. The molecule has 0 saturated carbocycles. The zero-order chi connectivity index (χ0) is 12.7. The molecule has 0 aromatic carbocycles. The molecule has 0 bridgehead atoms. The molecular weight excluding hydrogens is 218 g/mol. The van der Waals surface area contributed by atoms with Gasteiger partial charge in [-0.3, -0.25) is 9.80 Å². The molecule has 0 aromatic heterocycles. The number of aliphatic hydroxyl groups is 2. The van der Waals surface area contributed by atoms with Crippen LogP contribution >= 0.6 is 0 Å². The van der Waals surface area contributed by atoms with Crippen molar-refractivity contribution in [3.05, 3.63) is 0 Å².